The van der Waals surface area contributed by atoms with Crippen LogP contribution in [0.15, 0.2) is 71.6 Å². The Bertz CT molecular complexity index is 1260. The highest BCUT2D eigenvalue weighted by Crippen LogP contribution is 2.26. The first kappa shape index (κ1) is 27.1. The van der Waals surface area contributed by atoms with Crippen molar-refractivity contribution in [1.82, 2.24) is 5.32 Å². The molecule has 5 nitrogen and oxygen atoms in total. The number of thioether (sulfide) groups is 1. The van der Waals surface area contributed by atoms with Gasteiger partial charge in [-0.1, -0.05) is 41.9 Å². The van der Waals surface area contributed by atoms with E-state index in [-0.39, 0.29) is 17.3 Å². The third-order valence-corrected chi connectivity index (χ3v) is 8.91. The van der Waals surface area contributed by atoms with Gasteiger partial charge in [0.1, 0.15) is 6.54 Å². The summed E-state index contributed by atoms with van der Waals surface area (Å²) in [5.41, 5.74) is 5.04. The van der Waals surface area contributed by atoms with E-state index in [4.69, 9.17) is 11.6 Å². The first-order chi connectivity index (χ1) is 16.7. The fraction of sp³-hybridized carbons (Fsp3) is 0.296. The molecule has 0 aromatic heterocycles. The van der Waals surface area contributed by atoms with Crippen LogP contribution in [0.2, 0.25) is 5.02 Å². The van der Waals surface area contributed by atoms with Crippen molar-refractivity contribution in [2.45, 2.75) is 37.8 Å². The van der Waals surface area contributed by atoms with E-state index in [9.17, 15) is 13.2 Å². The molecule has 1 N–H and O–H groups in total. The van der Waals surface area contributed by atoms with Crippen molar-refractivity contribution < 1.29 is 13.2 Å². The van der Waals surface area contributed by atoms with Gasteiger partial charge in [-0.25, -0.2) is 8.42 Å². The van der Waals surface area contributed by atoms with Crippen LogP contribution in [0.4, 0.5) is 5.69 Å². The molecular weight excluding hydrogens is 500 g/mol. The van der Waals surface area contributed by atoms with Crippen LogP contribution in [-0.2, 0) is 20.6 Å². The monoisotopic (exact) mass is 530 g/mol. The first-order valence-corrected chi connectivity index (χ1v) is 14.4. The van der Waals surface area contributed by atoms with Crippen molar-refractivity contribution in [3.63, 3.8) is 0 Å². The Hall–Kier alpha value is -2.48. The molecule has 3 rings (SSSR count). The summed E-state index contributed by atoms with van der Waals surface area (Å²) >= 11 is 7.76. The lowest BCUT2D eigenvalue weighted by Gasteiger charge is -2.25. The van der Waals surface area contributed by atoms with Gasteiger partial charge in [0.05, 0.1) is 10.6 Å². The number of nitrogens with one attached hydrogen (secondary N) is 1. The van der Waals surface area contributed by atoms with Gasteiger partial charge in [-0.3, -0.25) is 9.10 Å². The van der Waals surface area contributed by atoms with Gasteiger partial charge in [0.2, 0.25) is 5.91 Å². The summed E-state index contributed by atoms with van der Waals surface area (Å²) in [6.07, 6.45) is 0.801. The molecule has 3 aromatic carbocycles. The summed E-state index contributed by atoms with van der Waals surface area (Å²) in [5.74, 6) is 1.49. The molecule has 0 radical (unpaired) electrons. The third kappa shape index (κ3) is 7.50. The van der Waals surface area contributed by atoms with Gasteiger partial charge in [-0.2, -0.15) is 11.8 Å². The van der Waals surface area contributed by atoms with Crippen LogP contribution in [0.5, 0.6) is 0 Å². The average molecular weight is 531 g/mol. The van der Waals surface area contributed by atoms with Crippen LogP contribution in [0, 0.1) is 20.8 Å². The predicted molar refractivity (Wildman–Crippen MR) is 147 cm³/mol. The summed E-state index contributed by atoms with van der Waals surface area (Å²) in [7, 11) is -3.96. The Morgan fingerprint density at radius 2 is 1.66 bits per heavy atom. The maximum atomic E-state index is 13.5. The van der Waals surface area contributed by atoms with E-state index >= 15 is 0 Å². The number of benzene rings is 3. The second kappa shape index (κ2) is 12.5. The summed E-state index contributed by atoms with van der Waals surface area (Å²) in [5, 5.41) is 3.32. The highest BCUT2D eigenvalue weighted by molar-refractivity contribution is 7.98. The Kier molecular flexibility index (Phi) is 9.66. The number of hydrogen-bond acceptors (Lipinski definition) is 4. The number of hydrogen-bond donors (Lipinski definition) is 1. The molecule has 3 aromatic rings. The third-order valence-electron chi connectivity index (χ3n) is 5.77. The van der Waals surface area contributed by atoms with E-state index in [2.05, 4.69) is 24.4 Å². The Morgan fingerprint density at radius 3 is 2.34 bits per heavy atom. The second-order valence-corrected chi connectivity index (χ2v) is 11.8. The van der Waals surface area contributed by atoms with E-state index in [1.54, 1.807) is 12.1 Å². The summed E-state index contributed by atoms with van der Waals surface area (Å²) < 4.78 is 28.1. The molecule has 0 heterocycles. The average Bonchev–Trinajstić information content (AvgIpc) is 2.83. The van der Waals surface area contributed by atoms with E-state index in [0.29, 0.717) is 17.3 Å². The van der Waals surface area contributed by atoms with Crippen LogP contribution in [0.1, 0.15) is 28.7 Å². The number of nitrogens with zero attached hydrogens (tertiary/aromatic N) is 1. The highest BCUT2D eigenvalue weighted by Gasteiger charge is 2.27. The number of anilines is 1. The molecule has 0 bridgehead atoms. The van der Waals surface area contributed by atoms with Gasteiger partial charge in [0.15, 0.2) is 0 Å². The fourth-order valence-corrected chi connectivity index (χ4v) is 6.05. The molecule has 0 aliphatic heterocycles. The summed E-state index contributed by atoms with van der Waals surface area (Å²) in [4.78, 5) is 12.8. The quantitative estimate of drug-likeness (QED) is 0.313. The first-order valence-electron chi connectivity index (χ1n) is 11.4. The van der Waals surface area contributed by atoms with Gasteiger partial charge < -0.3 is 5.32 Å². The molecule has 0 spiro atoms. The van der Waals surface area contributed by atoms with Crippen LogP contribution in [-0.4, -0.2) is 33.2 Å². The molecule has 0 saturated carbocycles. The largest absolute Gasteiger partial charge is 0.354 e. The van der Waals surface area contributed by atoms with Crippen LogP contribution < -0.4 is 9.62 Å². The Labute approximate surface area is 217 Å². The van der Waals surface area contributed by atoms with Crippen LogP contribution in [0.3, 0.4) is 0 Å². The molecule has 0 fully saturated rings. The Balaban J connectivity index is 1.62. The number of rotatable bonds is 11. The number of carbonyl (C=O) groups excluding carboxylic acids is 1. The molecule has 35 heavy (non-hydrogen) atoms. The molecule has 1 amide bonds. The van der Waals surface area contributed by atoms with Gasteiger partial charge in [0.25, 0.3) is 10.0 Å². The van der Waals surface area contributed by atoms with E-state index < -0.39 is 10.0 Å². The number of sulfonamides is 1. The molecule has 0 unspecified atom stereocenters. The minimum Gasteiger partial charge on any atom is -0.354 e. The molecule has 8 heteroatoms. The normalized spacial score (nSPS) is 11.3. The zero-order valence-corrected chi connectivity index (χ0v) is 22.6. The molecule has 0 aliphatic carbocycles. The molecular formula is C27H31ClN2O3S2. The van der Waals surface area contributed by atoms with Crippen molar-refractivity contribution in [1.29, 1.82) is 0 Å². The molecule has 186 valence electrons. The Morgan fingerprint density at radius 1 is 0.943 bits per heavy atom. The van der Waals surface area contributed by atoms with E-state index in [1.165, 1.54) is 35.4 Å². The van der Waals surface area contributed by atoms with Crippen molar-refractivity contribution in [2.75, 3.05) is 23.1 Å². The predicted octanol–water partition coefficient (Wildman–Crippen LogP) is 5.90. The van der Waals surface area contributed by atoms with Gasteiger partial charge in [-0.05, 0) is 91.6 Å². The van der Waals surface area contributed by atoms with Crippen molar-refractivity contribution in [3.05, 3.63) is 94.0 Å². The summed E-state index contributed by atoms with van der Waals surface area (Å²) in [6.45, 7) is 6.17. The minimum absolute atomic E-state index is 0.0838. The van der Waals surface area contributed by atoms with E-state index in [0.717, 1.165) is 33.4 Å². The van der Waals surface area contributed by atoms with E-state index in [1.807, 2.05) is 43.8 Å². The zero-order valence-electron chi connectivity index (χ0n) is 20.3. The van der Waals surface area contributed by atoms with Crippen LogP contribution >= 0.6 is 23.4 Å². The van der Waals surface area contributed by atoms with Crippen molar-refractivity contribution in [3.8, 4) is 0 Å². The minimum atomic E-state index is -3.96. The van der Waals surface area contributed by atoms with Crippen LogP contribution in [0.25, 0.3) is 0 Å². The van der Waals surface area contributed by atoms with Crippen molar-refractivity contribution in [2.24, 2.45) is 0 Å². The van der Waals surface area contributed by atoms with Gasteiger partial charge >= 0.3 is 0 Å². The number of carbonyl (C=O) groups is 1. The standard InChI is InChI=1S/C27H31ClN2O3S2/c1-20-9-12-25(17-22(20)3)30(35(32,33)26-13-10-24(28)11-14-26)18-27(31)29-15-6-16-34-19-23-8-5-4-7-21(23)2/h4-5,7-14,17H,6,15-16,18-19H2,1-3H3,(H,29,31). The molecule has 0 saturated heterocycles. The number of halogens is 1. The smallest absolute Gasteiger partial charge is 0.264 e. The maximum absolute atomic E-state index is 13.5. The second-order valence-electron chi connectivity index (χ2n) is 8.42. The van der Waals surface area contributed by atoms with Gasteiger partial charge in [-0.15, -0.1) is 0 Å². The lowest BCUT2D eigenvalue weighted by atomic mass is 10.1. The maximum Gasteiger partial charge on any atom is 0.264 e. The number of aryl methyl sites for hydroxylation is 3. The highest BCUT2D eigenvalue weighted by atomic mass is 35.5. The number of amides is 1. The SMILES string of the molecule is Cc1ccc(N(CC(=O)NCCCSCc2ccccc2C)S(=O)(=O)c2ccc(Cl)cc2)cc1C. The fourth-order valence-electron chi connectivity index (χ4n) is 3.47. The van der Waals surface area contributed by atoms with Crippen molar-refractivity contribution >= 4 is 45.0 Å². The topological polar surface area (TPSA) is 66.5 Å². The lowest BCUT2D eigenvalue weighted by Crippen LogP contribution is -2.41. The molecule has 0 atom stereocenters. The molecule has 0 aliphatic rings. The summed E-state index contributed by atoms with van der Waals surface area (Å²) in [6, 6.07) is 19.7. The zero-order chi connectivity index (χ0) is 25.4. The van der Waals surface area contributed by atoms with Gasteiger partial charge in [0, 0.05) is 17.3 Å². The lowest BCUT2D eigenvalue weighted by molar-refractivity contribution is -0.119.